The molecular weight excluding hydrogens is 315 g/mol. The first-order chi connectivity index (χ1) is 11.1. The Morgan fingerprint density at radius 2 is 2.30 bits per heavy atom. The number of thiazole rings is 1. The Kier molecular flexibility index (Phi) is 3.35. The predicted molar refractivity (Wildman–Crippen MR) is 87.4 cm³/mol. The van der Waals surface area contributed by atoms with Crippen molar-refractivity contribution in [2.75, 3.05) is 18.8 Å². The number of piperidine rings is 1. The normalized spacial score (nSPS) is 25.5. The monoisotopic (exact) mass is 332 g/mol. The number of benzene rings is 1. The zero-order valence-corrected chi connectivity index (χ0v) is 13.2. The van der Waals surface area contributed by atoms with Gasteiger partial charge in [0, 0.05) is 19.1 Å². The third-order valence-corrected chi connectivity index (χ3v) is 5.67. The first-order valence-electron chi connectivity index (χ1n) is 7.61. The molecule has 1 amide bonds. The Balaban J connectivity index is 1.70. The summed E-state index contributed by atoms with van der Waals surface area (Å²) in [6.07, 6.45) is 1.15. The number of hydrogen-bond donors (Lipinski definition) is 2. The van der Waals surface area contributed by atoms with Crippen LogP contribution in [0.5, 0.6) is 0 Å². The first kappa shape index (κ1) is 14.6. The zero-order chi connectivity index (χ0) is 16.1. The van der Waals surface area contributed by atoms with Crippen LogP contribution in [0.3, 0.4) is 0 Å². The molecule has 2 aliphatic rings. The van der Waals surface area contributed by atoms with E-state index < -0.39 is 0 Å². The number of fused-ring (bicyclic) bond motifs is 1. The fraction of sp³-hybridized carbons (Fsp3) is 0.375. The molecule has 1 aromatic carbocycles. The maximum absolute atomic E-state index is 13.5. The predicted octanol–water partition coefficient (Wildman–Crippen LogP) is 1.95. The molecule has 2 heterocycles. The van der Waals surface area contributed by atoms with Crippen LogP contribution in [0.15, 0.2) is 24.3 Å². The molecule has 0 unspecified atom stereocenters. The lowest BCUT2D eigenvalue weighted by molar-refractivity contribution is 0.0708. The zero-order valence-electron chi connectivity index (χ0n) is 12.4. The molecular formula is C16H17FN4OS. The molecule has 1 aliphatic heterocycles. The lowest BCUT2D eigenvalue weighted by Gasteiger charge is -2.26. The Labute approximate surface area is 137 Å². The molecule has 23 heavy (non-hydrogen) atoms. The minimum Gasteiger partial charge on any atom is -0.375 e. The summed E-state index contributed by atoms with van der Waals surface area (Å²) < 4.78 is 13.5. The molecule has 7 heteroatoms. The van der Waals surface area contributed by atoms with Gasteiger partial charge in [-0.15, -0.1) is 0 Å². The van der Waals surface area contributed by atoms with Crippen LogP contribution in [0, 0.1) is 17.7 Å². The number of hydrogen-bond acceptors (Lipinski definition) is 5. The summed E-state index contributed by atoms with van der Waals surface area (Å²) >= 11 is 1.21. The quantitative estimate of drug-likeness (QED) is 0.899. The van der Waals surface area contributed by atoms with E-state index in [1.54, 1.807) is 12.1 Å². The van der Waals surface area contributed by atoms with Gasteiger partial charge in [0.15, 0.2) is 5.13 Å². The highest BCUT2D eigenvalue weighted by atomic mass is 32.1. The van der Waals surface area contributed by atoms with Crippen molar-refractivity contribution in [3.05, 3.63) is 35.8 Å². The van der Waals surface area contributed by atoms with Gasteiger partial charge in [0.1, 0.15) is 11.5 Å². The minimum absolute atomic E-state index is 0.0794. The van der Waals surface area contributed by atoms with E-state index in [0.29, 0.717) is 39.6 Å². The Hall–Kier alpha value is -1.99. The second-order valence-electron chi connectivity index (χ2n) is 6.16. The molecule has 4 N–H and O–H groups in total. The van der Waals surface area contributed by atoms with Crippen LogP contribution in [0.2, 0.25) is 0 Å². The topological polar surface area (TPSA) is 85.2 Å². The van der Waals surface area contributed by atoms with Crippen molar-refractivity contribution in [2.45, 2.75) is 12.5 Å². The van der Waals surface area contributed by atoms with Crippen molar-refractivity contribution in [1.29, 1.82) is 0 Å². The summed E-state index contributed by atoms with van der Waals surface area (Å²) in [6, 6.07) is 6.22. The third kappa shape index (κ3) is 2.40. The van der Waals surface area contributed by atoms with Crippen LogP contribution in [0.25, 0.3) is 10.4 Å². The highest BCUT2D eigenvalue weighted by molar-refractivity contribution is 7.19. The summed E-state index contributed by atoms with van der Waals surface area (Å²) in [5, 5.41) is 0.307. The van der Waals surface area contributed by atoms with Crippen molar-refractivity contribution >= 4 is 22.4 Å². The molecule has 1 saturated heterocycles. The summed E-state index contributed by atoms with van der Waals surface area (Å²) in [5.74, 6) is 0.591. The number of carbonyl (C=O) groups is 1. The third-order valence-electron chi connectivity index (χ3n) is 4.74. The van der Waals surface area contributed by atoms with Crippen molar-refractivity contribution < 1.29 is 9.18 Å². The highest BCUT2D eigenvalue weighted by Crippen LogP contribution is 2.49. The largest absolute Gasteiger partial charge is 0.375 e. The number of rotatable bonds is 3. The maximum atomic E-state index is 13.5. The van der Waals surface area contributed by atoms with Crippen LogP contribution in [-0.4, -0.2) is 34.9 Å². The van der Waals surface area contributed by atoms with E-state index in [2.05, 4.69) is 4.98 Å². The molecule has 2 aromatic rings. The Morgan fingerprint density at radius 1 is 1.48 bits per heavy atom. The number of nitrogens with two attached hydrogens (primary N) is 2. The number of halogens is 1. The van der Waals surface area contributed by atoms with Crippen LogP contribution in [0.4, 0.5) is 9.52 Å². The molecule has 5 nitrogen and oxygen atoms in total. The average Bonchev–Trinajstić information content (AvgIpc) is 3.03. The van der Waals surface area contributed by atoms with Crippen molar-refractivity contribution in [2.24, 2.45) is 17.6 Å². The van der Waals surface area contributed by atoms with E-state index in [9.17, 15) is 9.18 Å². The van der Waals surface area contributed by atoms with Gasteiger partial charge in [-0.25, -0.2) is 9.37 Å². The number of nitrogen functional groups attached to an aromatic ring is 1. The number of nitrogens with zero attached hydrogens (tertiary/aromatic N) is 2. The smallest absolute Gasteiger partial charge is 0.274 e. The minimum atomic E-state index is -0.352. The summed E-state index contributed by atoms with van der Waals surface area (Å²) in [5.41, 5.74) is 12.6. The average molecular weight is 332 g/mol. The van der Waals surface area contributed by atoms with Gasteiger partial charge in [-0.05, 0) is 36.0 Å². The summed E-state index contributed by atoms with van der Waals surface area (Å²) in [4.78, 5) is 19.6. The molecule has 2 fully saturated rings. The molecule has 0 bridgehead atoms. The first-order valence-corrected chi connectivity index (χ1v) is 8.43. The van der Waals surface area contributed by atoms with Gasteiger partial charge < -0.3 is 16.4 Å². The molecule has 120 valence electrons. The van der Waals surface area contributed by atoms with E-state index in [0.717, 1.165) is 13.0 Å². The van der Waals surface area contributed by atoms with Crippen molar-refractivity contribution in [3.8, 4) is 10.4 Å². The second-order valence-corrected chi connectivity index (χ2v) is 7.19. The Bertz CT molecular complexity index is 777. The Morgan fingerprint density at radius 3 is 3.04 bits per heavy atom. The maximum Gasteiger partial charge on any atom is 0.274 e. The second kappa shape index (κ2) is 5.28. The fourth-order valence-electron chi connectivity index (χ4n) is 3.55. The number of anilines is 1. The van der Waals surface area contributed by atoms with Crippen molar-refractivity contribution in [1.82, 2.24) is 9.88 Å². The lowest BCUT2D eigenvalue weighted by Crippen LogP contribution is -2.43. The SMILES string of the molecule is NC[C@@H]1[C@H]2C[C@H]2CN1C(=O)c1nc(N)sc1-c1cccc(F)c1. The fourth-order valence-corrected chi connectivity index (χ4v) is 4.37. The van der Waals surface area contributed by atoms with Gasteiger partial charge in [0.2, 0.25) is 0 Å². The van der Waals surface area contributed by atoms with Gasteiger partial charge in [-0.2, -0.15) is 0 Å². The number of aromatic nitrogens is 1. The van der Waals surface area contributed by atoms with Gasteiger partial charge in [-0.3, -0.25) is 4.79 Å². The summed E-state index contributed by atoms with van der Waals surface area (Å²) in [6.45, 7) is 1.19. The highest BCUT2D eigenvalue weighted by Gasteiger charge is 2.53. The molecule has 1 aliphatic carbocycles. The van der Waals surface area contributed by atoms with Crippen LogP contribution < -0.4 is 11.5 Å². The van der Waals surface area contributed by atoms with Gasteiger partial charge in [0.05, 0.1) is 4.88 Å². The standard InChI is InChI=1S/C16H17FN4OS/c17-10-3-1-2-8(4-10)14-13(20-16(19)23-14)15(22)21-7-9-5-11(9)12(21)6-18/h1-4,9,11-12H,5-7,18H2,(H2,19,20)/t9-,11-,12+/m0/s1. The van der Waals surface area contributed by atoms with Crippen LogP contribution >= 0.6 is 11.3 Å². The van der Waals surface area contributed by atoms with E-state index in [1.807, 2.05) is 4.90 Å². The molecule has 4 rings (SSSR count). The van der Waals surface area contributed by atoms with E-state index in [1.165, 1.54) is 23.5 Å². The van der Waals surface area contributed by atoms with Gasteiger partial charge in [-0.1, -0.05) is 23.5 Å². The molecule has 1 aromatic heterocycles. The number of amides is 1. The number of likely N-dealkylation sites (tertiary alicyclic amines) is 1. The molecule has 3 atom stereocenters. The van der Waals surface area contributed by atoms with E-state index in [4.69, 9.17) is 11.5 Å². The molecule has 1 saturated carbocycles. The van der Waals surface area contributed by atoms with Crippen LogP contribution in [0.1, 0.15) is 16.9 Å². The van der Waals surface area contributed by atoms with Gasteiger partial charge >= 0.3 is 0 Å². The summed E-state index contributed by atoms with van der Waals surface area (Å²) in [7, 11) is 0. The van der Waals surface area contributed by atoms with Gasteiger partial charge in [0.25, 0.3) is 5.91 Å². The van der Waals surface area contributed by atoms with E-state index in [-0.39, 0.29) is 17.8 Å². The lowest BCUT2D eigenvalue weighted by atomic mass is 10.1. The number of carbonyl (C=O) groups excluding carboxylic acids is 1. The van der Waals surface area contributed by atoms with Crippen molar-refractivity contribution in [3.63, 3.8) is 0 Å². The van der Waals surface area contributed by atoms with E-state index >= 15 is 0 Å². The molecule has 0 radical (unpaired) electrons. The molecule has 0 spiro atoms. The van der Waals surface area contributed by atoms with Crippen LogP contribution in [-0.2, 0) is 0 Å².